The van der Waals surface area contributed by atoms with Crippen LogP contribution in [-0.4, -0.2) is 28.6 Å². The van der Waals surface area contributed by atoms with E-state index in [1.54, 1.807) is 0 Å². The summed E-state index contributed by atoms with van der Waals surface area (Å²) in [5.74, 6) is 0.626. The smallest absolute Gasteiger partial charge is 0.322 e. The Morgan fingerprint density at radius 3 is 2.04 bits per heavy atom. The molecule has 0 aromatic heterocycles. The van der Waals surface area contributed by atoms with E-state index in [1.807, 2.05) is 0 Å². The number of hydrogen-bond donors (Lipinski definition) is 3. The number of rotatable bonds is 5. The standard InChI is InChI=1S/C19H26N2O4/c22-15(23)13-6-14(13)19(16(24)20-17(25)21-19)2-1-18-7-10-3-11(8-18)5-12(4-10)9-18/h10-14H,1-9H2,(H,22,23)(H2,20,21,24,25)/t10?,11?,12?,13-,14-,18?,19?/m0/s1. The molecule has 0 radical (unpaired) electrons. The largest absolute Gasteiger partial charge is 0.481 e. The molecule has 6 fully saturated rings. The molecule has 1 aliphatic heterocycles. The second-order valence-corrected chi connectivity index (χ2v) is 9.58. The molecule has 0 spiro atoms. The molecule has 136 valence electrons. The summed E-state index contributed by atoms with van der Waals surface area (Å²) in [4.78, 5) is 35.7. The summed E-state index contributed by atoms with van der Waals surface area (Å²) >= 11 is 0. The lowest BCUT2D eigenvalue weighted by molar-refractivity contribution is -0.139. The van der Waals surface area contributed by atoms with Gasteiger partial charge in [-0.3, -0.25) is 14.9 Å². The zero-order chi connectivity index (χ0) is 17.4. The first kappa shape index (κ1) is 15.6. The summed E-state index contributed by atoms with van der Waals surface area (Å²) in [7, 11) is 0. The van der Waals surface area contributed by atoms with E-state index in [0.717, 1.165) is 24.2 Å². The number of amides is 3. The van der Waals surface area contributed by atoms with Crippen molar-refractivity contribution in [2.24, 2.45) is 35.0 Å². The maximum absolute atomic E-state index is 12.6. The fourth-order valence-electron chi connectivity index (χ4n) is 7.20. The van der Waals surface area contributed by atoms with Gasteiger partial charge in [-0.1, -0.05) is 0 Å². The van der Waals surface area contributed by atoms with Gasteiger partial charge in [-0.2, -0.15) is 0 Å². The molecule has 3 atom stereocenters. The Bertz CT molecular complexity index is 625. The minimum absolute atomic E-state index is 0.259. The molecule has 4 bridgehead atoms. The van der Waals surface area contributed by atoms with Gasteiger partial charge in [-0.15, -0.1) is 0 Å². The molecule has 6 rings (SSSR count). The molecule has 3 amide bonds. The lowest BCUT2D eigenvalue weighted by Gasteiger charge is -2.57. The first-order valence-electron chi connectivity index (χ1n) is 9.76. The van der Waals surface area contributed by atoms with Gasteiger partial charge < -0.3 is 10.4 Å². The molecule has 6 heteroatoms. The van der Waals surface area contributed by atoms with E-state index in [9.17, 15) is 19.5 Å². The van der Waals surface area contributed by atoms with Gasteiger partial charge in [-0.05, 0) is 81.0 Å². The number of carboxylic acid groups (broad SMARTS) is 1. The van der Waals surface area contributed by atoms with Crippen LogP contribution in [-0.2, 0) is 9.59 Å². The molecule has 3 N–H and O–H groups in total. The number of hydrogen-bond acceptors (Lipinski definition) is 3. The van der Waals surface area contributed by atoms with E-state index in [1.165, 1.54) is 38.5 Å². The fourth-order valence-corrected chi connectivity index (χ4v) is 7.20. The van der Waals surface area contributed by atoms with Crippen molar-refractivity contribution in [3.05, 3.63) is 0 Å². The van der Waals surface area contributed by atoms with Gasteiger partial charge in [0.15, 0.2) is 0 Å². The molecule has 1 heterocycles. The highest BCUT2D eigenvalue weighted by Crippen LogP contribution is 2.62. The van der Waals surface area contributed by atoms with Crippen LogP contribution in [0.4, 0.5) is 4.79 Å². The number of nitrogens with one attached hydrogen (secondary N) is 2. The Balaban J connectivity index is 1.36. The van der Waals surface area contributed by atoms with Crippen LogP contribution in [0.1, 0.15) is 57.8 Å². The van der Waals surface area contributed by atoms with E-state index in [0.29, 0.717) is 18.3 Å². The molecule has 6 aliphatic rings. The lowest BCUT2D eigenvalue weighted by atomic mass is 9.48. The predicted octanol–water partition coefficient (Wildman–Crippen LogP) is 2.28. The van der Waals surface area contributed by atoms with E-state index in [4.69, 9.17) is 0 Å². The molecule has 5 saturated carbocycles. The maximum Gasteiger partial charge on any atom is 0.322 e. The second-order valence-electron chi connectivity index (χ2n) is 9.58. The van der Waals surface area contributed by atoms with Gasteiger partial charge in [0, 0.05) is 5.92 Å². The van der Waals surface area contributed by atoms with E-state index >= 15 is 0 Å². The molecular weight excluding hydrogens is 320 g/mol. The molecule has 25 heavy (non-hydrogen) atoms. The predicted molar refractivity (Wildman–Crippen MR) is 88.5 cm³/mol. The van der Waals surface area contributed by atoms with Crippen molar-refractivity contribution in [1.82, 2.24) is 10.6 Å². The van der Waals surface area contributed by atoms with Crippen molar-refractivity contribution >= 4 is 17.9 Å². The molecule has 6 nitrogen and oxygen atoms in total. The minimum atomic E-state index is -0.997. The first-order chi connectivity index (χ1) is 11.9. The molecule has 1 saturated heterocycles. The van der Waals surface area contributed by atoms with Gasteiger partial charge in [0.05, 0.1) is 5.92 Å². The summed E-state index contributed by atoms with van der Waals surface area (Å²) in [5.41, 5.74) is -0.674. The summed E-state index contributed by atoms with van der Waals surface area (Å²) in [6.45, 7) is 0. The minimum Gasteiger partial charge on any atom is -0.481 e. The zero-order valence-electron chi connectivity index (χ0n) is 14.4. The van der Waals surface area contributed by atoms with Gasteiger partial charge in [-0.25, -0.2) is 4.79 Å². The Labute approximate surface area is 147 Å². The van der Waals surface area contributed by atoms with E-state index in [2.05, 4.69) is 10.6 Å². The molecule has 1 unspecified atom stereocenters. The number of aliphatic carboxylic acids is 1. The van der Waals surface area contributed by atoms with Gasteiger partial charge in [0.1, 0.15) is 5.54 Å². The van der Waals surface area contributed by atoms with Crippen LogP contribution in [0.5, 0.6) is 0 Å². The van der Waals surface area contributed by atoms with Crippen molar-refractivity contribution in [3.8, 4) is 0 Å². The normalized spacial score (nSPS) is 49.8. The number of urea groups is 1. The van der Waals surface area contributed by atoms with Crippen LogP contribution in [0.25, 0.3) is 0 Å². The second kappa shape index (κ2) is 4.98. The number of carboxylic acids is 1. The Hall–Kier alpha value is -1.59. The molecule has 0 aromatic carbocycles. The third-order valence-electron chi connectivity index (χ3n) is 7.92. The third kappa shape index (κ3) is 2.32. The highest BCUT2D eigenvalue weighted by molar-refractivity contribution is 6.07. The van der Waals surface area contributed by atoms with Crippen molar-refractivity contribution in [3.63, 3.8) is 0 Å². The molecule has 5 aliphatic carbocycles. The summed E-state index contributed by atoms with van der Waals surface area (Å²) in [6, 6.07) is -0.466. The quantitative estimate of drug-likeness (QED) is 0.666. The topological polar surface area (TPSA) is 95.5 Å². The first-order valence-corrected chi connectivity index (χ1v) is 9.76. The van der Waals surface area contributed by atoms with Crippen LogP contribution >= 0.6 is 0 Å². The van der Waals surface area contributed by atoms with E-state index in [-0.39, 0.29) is 11.8 Å². The van der Waals surface area contributed by atoms with Crippen molar-refractivity contribution in [2.45, 2.75) is 63.3 Å². The van der Waals surface area contributed by atoms with Crippen LogP contribution in [0, 0.1) is 35.0 Å². The van der Waals surface area contributed by atoms with Gasteiger partial charge in [0.25, 0.3) is 5.91 Å². The Morgan fingerprint density at radius 2 is 1.60 bits per heavy atom. The summed E-state index contributed by atoms with van der Waals surface area (Å²) < 4.78 is 0. The highest BCUT2D eigenvalue weighted by atomic mass is 16.4. The Morgan fingerprint density at radius 1 is 1.00 bits per heavy atom. The SMILES string of the molecule is O=C1NC(=O)C(CCC23CC4CC(CC(C4)C2)C3)([C@H]2C[C@@H]2C(=O)O)N1. The van der Waals surface area contributed by atoms with E-state index < -0.39 is 23.5 Å². The summed E-state index contributed by atoms with van der Waals surface area (Å²) in [6.07, 6.45) is 9.94. The van der Waals surface area contributed by atoms with Crippen LogP contribution in [0.3, 0.4) is 0 Å². The summed E-state index contributed by atoms with van der Waals surface area (Å²) in [5, 5.41) is 14.5. The lowest BCUT2D eigenvalue weighted by Crippen LogP contribution is -2.52. The van der Waals surface area contributed by atoms with Crippen LogP contribution < -0.4 is 10.6 Å². The van der Waals surface area contributed by atoms with Gasteiger partial charge >= 0.3 is 12.0 Å². The average molecular weight is 346 g/mol. The van der Waals surface area contributed by atoms with Crippen molar-refractivity contribution < 1.29 is 19.5 Å². The fraction of sp³-hybridized carbons (Fsp3) is 0.842. The monoisotopic (exact) mass is 346 g/mol. The van der Waals surface area contributed by atoms with Crippen LogP contribution in [0.2, 0.25) is 0 Å². The number of carbonyl (C=O) groups is 3. The zero-order valence-corrected chi connectivity index (χ0v) is 14.4. The average Bonchev–Trinajstić information content (AvgIpc) is 3.26. The molecule has 0 aromatic rings. The highest BCUT2D eigenvalue weighted by Gasteiger charge is 2.63. The van der Waals surface area contributed by atoms with Crippen molar-refractivity contribution in [2.75, 3.05) is 0 Å². The van der Waals surface area contributed by atoms with Gasteiger partial charge in [0.2, 0.25) is 0 Å². The maximum atomic E-state index is 12.6. The molecular formula is C19H26N2O4. The van der Waals surface area contributed by atoms with Crippen molar-refractivity contribution in [1.29, 1.82) is 0 Å². The number of carbonyl (C=O) groups excluding carboxylic acids is 2. The Kier molecular flexibility index (Phi) is 3.12. The van der Waals surface area contributed by atoms with Crippen LogP contribution in [0.15, 0.2) is 0 Å². The number of imide groups is 1. The third-order valence-corrected chi connectivity index (χ3v) is 7.92.